The number of pyridine rings is 2. The van der Waals surface area contributed by atoms with Gasteiger partial charge < -0.3 is 5.32 Å². The third-order valence-electron chi connectivity index (χ3n) is 5.11. The summed E-state index contributed by atoms with van der Waals surface area (Å²) in [7, 11) is 0. The van der Waals surface area contributed by atoms with Crippen LogP contribution in [-0.4, -0.2) is 42.2 Å². The smallest absolute Gasteiger partial charge is 0.238 e. The molecule has 4 heterocycles. The molecule has 1 saturated heterocycles. The first-order valence-electron chi connectivity index (χ1n) is 11.3. The van der Waals surface area contributed by atoms with Gasteiger partial charge in [-0.1, -0.05) is 13.8 Å². The van der Waals surface area contributed by atoms with E-state index in [0.29, 0.717) is 12.1 Å². The first-order chi connectivity index (χ1) is 17.1. The van der Waals surface area contributed by atoms with E-state index in [-0.39, 0.29) is 18.0 Å². The predicted octanol–water partition coefficient (Wildman–Crippen LogP) is 4.26. The molecule has 0 aliphatic carbocycles. The number of hydrogen-bond donors (Lipinski definition) is 1. The van der Waals surface area contributed by atoms with Crippen LogP contribution in [0.5, 0.6) is 0 Å². The molecule has 0 aromatic carbocycles. The molecule has 0 radical (unpaired) electrons. The van der Waals surface area contributed by atoms with Gasteiger partial charge in [0.1, 0.15) is 17.4 Å². The average molecular weight is 488 g/mol. The summed E-state index contributed by atoms with van der Waals surface area (Å²) in [6.07, 6.45) is 17.9. The number of rotatable bonds is 6. The zero-order chi connectivity index (χ0) is 25.6. The molecule has 8 nitrogen and oxygen atoms in total. The highest BCUT2D eigenvalue weighted by molar-refractivity contribution is 7.97. The normalized spacial score (nSPS) is 16.6. The molecule has 0 saturated carbocycles. The largest absolute Gasteiger partial charge is 0.351 e. The van der Waals surface area contributed by atoms with Gasteiger partial charge >= 0.3 is 0 Å². The maximum atomic E-state index is 13.0. The van der Waals surface area contributed by atoms with E-state index in [2.05, 4.69) is 55.4 Å². The summed E-state index contributed by atoms with van der Waals surface area (Å²) in [5.74, 6) is -0.00750. The van der Waals surface area contributed by atoms with Crippen LogP contribution in [-0.2, 0) is 11.3 Å². The van der Waals surface area contributed by atoms with Gasteiger partial charge in [-0.3, -0.25) is 9.78 Å². The Labute approximate surface area is 211 Å². The lowest BCUT2D eigenvalue weighted by Gasteiger charge is -2.25. The lowest BCUT2D eigenvalue weighted by atomic mass is 10.1. The standard InChI is InChI=1S/C22H21N7OS.C2H6.C2H2/c1-15-2-4-20(29(15)31-21-5-3-17(9-23)11-27-21)22(30)28-10-16-6-7-26-19(8-16)18-12-24-14-25-13-18;2*1-2/h3,5-8,11-15,20H,2,4,10H2,1H3,(H,28,30);1-2H3;1-2H/t15-,20-;;/m0../s1. The summed E-state index contributed by atoms with van der Waals surface area (Å²) in [6, 6.07) is 9.46. The highest BCUT2D eigenvalue weighted by Gasteiger charge is 2.36. The lowest BCUT2D eigenvalue weighted by molar-refractivity contribution is -0.124. The summed E-state index contributed by atoms with van der Waals surface area (Å²) in [5.41, 5.74) is 3.08. The Kier molecular flexibility index (Phi) is 11.3. The Morgan fingerprint density at radius 3 is 2.57 bits per heavy atom. The summed E-state index contributed by atoms with van der Waals surface area (Å²) in [5, 5.41) is 12.8. The van der Waals surface area contributed by atoms with Gasteiger partial charge in [-0.15, -0.1) is 12.8 Å². The van der Waals surface area contributed by atoms with E-state index in [0.717, 1.165) is 34.7 Å². The van der Waals surface area contributed by atoms with Gasteiger partial charge in [-0.2, -0.15) is 5.26 Å². The van der Waals surface area contributed by atoms with Crippen molar-refractivity contribution in [2.45, 2.75) is 57.3 Å². The Bertz CT molecular complexity index is 1130. The number of amides is 1. The molecule has 1 amide bonds. The van der Waals surface area contributed by atoms with Crippen LogP contribution < -0.4 is 5.32 Å². The third-order valence-corrected chi connectivity index (χ3v) is 6.37. The SMILES string of the molecule is C#C.CC.C[C@H]1CC[C@@H](C(=O)NCc2ccnc(-c3cncnc3)c2)N1Sc1ccc(C#N)cn1. The molecular weight excluding hydrogens is 458 g/mol. The van der Waals surface area contributed by atoms with Crippen LogP contribution in [0.15, 0.2) is 60.4 Å². The van der Waals surface area contributed by atoms with Gasteiger partial charge in [0, 0.05) is 42.9 Å². The van der Waals surface area contributed by atoms with E-state index in [1.165, 1.54) is 18.3 Å². The van der Waals surface area contributed by atoms with Crippen molar-refractivity contribution in [3.8, 4) is 30.2 Å². The molecule has 4 rings (SSSR count). The quantitative estimate of drug-likeness (QED) is 0.406. The molecule has 1 aliphatic heterocycles. The van der Waals surface area contributed by atoms with Crippen LogP contribution in [0.25, 0.3) is 11.3 Å². The molecule has 35 heavy (non-hydrogen) atoms. The molecule has 1 aliphatic rings. The van der Waals surface area contributed by atoms with Crippen molar-refractivity contribution in [2.75, 3.05) is 0 Å². The second kappa shape index (κ2) is 14.5. The van der Waals surface area contributed by atoms with Crippen molar-refractivity contribution in [1.82, 2.24) is 29.6 Å². The zero-order valence-electron chi connectivity index (χ0n) is 20.1. The second-order valence-corrected chi connectivity index (χ2v) is 8.31. The van der Waals surface area contributed by atoms with Crippen molar-refractivity contribution >= 4 is 17.9 Å². The Balaban J connectivity index is 0.00000103. The highest BCUT2D eigenvalue weighted by atomic mass is 32.2. The molecule has 3 aromatic heterocycles. The van der Waals surface area contributed by atoms with E-state index in [1.807, 2.05) is 32.0 Å². The number of nitrogens with one attached hydrogen (secondary N) is 1. The number of aromatic nitrogens is 4. The van der Waals surface area contributed by atoms with E-state index in [4.69, 9.17) is 5.26 Å². The minimum Gasteiger partial charge on any atom is -0.351 e. The van der Waals surface area contributed by atoms with Crippen LogP contribution in [0.1, 0.15) is 44.7 Å². The number of terminal acetylenes is 1. The van der Waals surface area contributed by atoms with Gasteiger partial charge in [0.2, 0.25) is 5.91 Å². The second-order valence-electron chi connectivity index (χ2n) is 7.28. The molecule has 1 N–H and O–H groups in total. The summed E-state index contributed by atoms with van der Waals surface area (Å²) < 4.78 is 2.10. The molecule has 3 aromatic rings. The van der Waals surface area contributed by atoms with Crippen LogP contribution in [0.4, 0.5) is 0 Å². The van der Waals surface area contributed by atoms with Crippen molar-refractivity contribution in [1.29, 1.82) is 5.26 Å². The molecule has 0 bridgehead atoms. The van der Waals surface area contributed by atoms with Crippen LogP contribution >= 0.6 is 11.9 Å². The molecule has 0 spiro atoms. The Hall–Kier alpha value is -3.79. The van der Waals surface area contributed by atoms with Gasteiger partial charge in [0.15, 0.2) is 0 Å². The van der Waals surface area contributed by atoms with E-state index < -0.39 is 0 Å². The Morgan fingerprint density at radius 1 is 1.17 bits per heavy atom. The van der Waals surface area contributed by atoms with Crippen LogP contribution in [0.3, 0.4) is 0 Å². The minimum atomic E-state index is -0.235. The monoisotopic (exact) mass is 487 g/mol. The number of nitrogens with zero attached hydrogens (tertiary/aromatic N) is 6. The molecule has 0 unspecified atom stereocenters. The molecule has 180 valence electrons. The fourth-order valence-corrected chi connectivity index (χ4v) is 4.51. The zero-order valence-corrected chi connectivity index (χ0v) is 20.9. The van der Waals surface area contributed by atoms with Crippen LogP contribution in [0, 0.1) is 24.2 Å². The van der Waals surface area contributed by atoms with E-state index >= 15 is 0 Å². The van der Waals surface area contributed by atoms with Gasteiger partial charge in [0.05, 0.1) is 17.3 Å². The first kappa shape index (κ1) is 27.5. The molecule has 2 atom stereocenters. The fraction of sp³-hybridized carbons (Fsp3) is 0.308. The van der Waals surface area contributed by atoms with Crippen LogP contribution in [0.2, 0.25) is 0 Å². The number of nitriles is 1. The van der Waals surface area contributed by atoms with Gasteiger partial charge in [0.25, 0.3) is 0 Å². The summed E-state index contributed by atoms with van der Waals surface area (Å²) in [4.78, 5) is 29.7. The van der Waals surface area contributed by atoms with Crippen molar-refractivity contribution < 1.29 is 4.79 Å². The first-order valence-corrected chi connectivity index (χ1v) is 12.0. The predicted molar refractivity (Wildman–Crippen MR) is 137 cm³/mol. The summed E-state index contributed by atoms with van der Waals surface area (Å²) >= 11 is 1.46. The third kappa shape index (κ3) is 7.61. The minimum absolute atomic E-state index is 0.00750. The van der Waals surface area contributed by atoms with Crippen molar-refractivity contribution in [3.05, 3.63) is 66.5 Å². The van der Waals surface area contributed by atoms with Crippen molar-refractivity contribution in [2.24, 2.45) is 0 Å². The summed E-state index contributed by atoms with van der Waals surface area (Å²) in [6.45, 7) is 6.53. The van der Waals surface area contributed by atoms with E-state index in [1.54, 1.807) is 30.9 Å². The number of hydrogen-bond acceptors (Lipinski definition) is 8. The average Bonchev–Trinajstić information content (AvgIpc) is 3.30. The maximum absolute atomic E-state index is 13.0. The van der Waals surface area contributed by atoms with E-state index in [9.17, 15) is 4.79 Å². The van der Waals surface area contributed by atoms with Gasteiger partial charge in [-0.05, 0) is 61.5 Å². The molecular formula is C26H29N7OS. The lowest BCUT2D eigenvalue weighted by Crippen LogP contribution is -2.41. The topological polar surface area (TPSA) is 108 Å². The number of carbonyl (C=O) groups is 1. The highest BCUT2D eigenvalue weighted by Crippen LogP contribution is 2.34. The number of carbonyl (C=O) groups excluding carboxylic acids is 1. The fourth-order valence-electron chi connectivity index (χ4n) is 3.45. The molecule has 1 fully saturated rings. The maximum Gasteiger partial charge on any atom is 0.238 e. The molecule has 9 heteroatoms. The van der Waals surface area contributed by atoms with Crippen molar-refractivity contribution in [3.63, 3.8) is 0 Å². The van der Waals surface area contributed by atoms with Gasteiger partial charge in [-0.25, -0.2) is 19.3 Å². The Morgan fingerprint density at radius 2 is 1.91 bits per heavy atom.